The Morgan fingerprint density at radius 1 is 1.07 bits per heavy atom. The second kappa shape index (κ2) is 7.76. The average molecular weight is 424 g/mol. The molecule has 0 aromatic heterocycles. The van der Waals surface area contributed by atoms with Gasteiger partial charge in [0.2, 0.25) is 10.0 Å². The Morgan fingerprint density at radius 2 is 1.74 bits per heavy atom. The molecule has 2 aromatic carbocycles. The molecule has 0 aliphatic carbocycles. The van der Waals surface area contributed by atoms with Gasteiger partial charge in [0.1, 0.15) is 0 Å². The molecule has 0 radical (unpaired) electrons. The lowest BCUT2D eigenvalue weighted by Gasteiger charge is -2.34. The highest BCUT2D eigenvalue weighted by molar-refractivity contribution is 7.89. The fourth-order valence-electron chi connectivity index (χ4n) is 3.09. The smallest absolute Gasteiger partial charge is 0.243 e. The number of hydrogen-bond donors (Lipinski definition) is 0. The maximum Gasteiger partial charge on any atom is 0.243 e. The first-order valence-electron chi connectivity index (χ1n) is 8.43. The van der Waals surface area contributed by atoms with Crippen molar-refractivity contribution < 1.29 is 13.2 Å². The number of ketones is 1. The van der Waals surface area contributed by atoms with Crippen molar-refractivity contribution >= 4 is 39.0 Å². The number of halogens is 2. The van der Waals surface area contributed by atoms with Crippen LogP contribution in [0.3, 0.4) is 0 Å². The number of hydrogen-bond acceptors (Lipinski definition) is 3. The summed E-state index contributed by atoms with van der Waals surface area (Å²) in [5.41, 5.74) is 2.19. The average Bonchev–Trinajstić information content (AvgIpc) is 2.64. The Balaban J connectivity index is 2.09. The van der Waals surface area contributed by atoms with Gasteiger partial charge in [0.15, 0.2) is 5.78 Å². The Bertz CT molecular complexity index is 1010. The molecule has 0 saturated carbocycles. The highest BCUT2D eigenvalue weighted by Gasteiger charge is 2.36. The van der Waals surface area contributed by atoms with Gasteiger partial charge >= 0.3 is 0 Å². The van der Waals surface area contributed by atoms with Gasteiger partial charge in [-0.05, 0) is 50.1 Å². The second-order valence-corrected chi connectivity index (χ2v) is 9.28. The summed E-state index contributed by atoms with van der Waals surface area (Å²) >= 11 is 12.1. The third-order valence-electron chi connectivity index (χ3n) is 4.67. The third kappa shape index (κ3) is 4.11. The van der Waals surface area contributed by atoms with E-state index in [0.29, 0.717) is 22.0 Å². The normalized spacial score (nSPS) is 18.2. The Hall–Kier alpha value is -1.66. The van der Waals surface area contributed by atoms with Crippen LogP contribution >= 0.6 is 23.2 Å². The maximum atomic E-state index is 13.3. The molecular formula is C20H19Cl2NO3S. The summed E-state index contributed by atoms with van der Waals surface area (Å²) < 4.78 is 28.0. The van der Waals surface area contributed by atoms with Crippen molar-refractivity contribution in [1.29, 1.82) is 0 Å². The van der Waals surface area contributed by atoms with Crippen molar-refractivity contribution in [2.24, 2.45) is 0 Å². The van der Waals surface area contributed by atoms with Crippen molar-refractivity contribution in [2.45, 2.75) is 31.2 Å². The molecule has 3 rings (SSSR count). The monoisotopic (exact) mass is 423 g/mol. The molecule has 1 aliphatic heterocycles. The van der Waals surface area contributed by atoms with Crippen LogP contribution in [-0.2, 0) is 14.8 Å². The zero-order chi connectivity index (χ0) is 19.8. The predicted molar refractivity (Wildman–Crippen MR) is 108 cm³/mol. The quantitative estimate of drug-likeness (QED) is 0.698. The van der Waals surface area contributed by atoms with Gasteiger partial charge in [-0.1, -0.05) is 53.0 Å². The molecule has 0 saturated heterocycles. The first-order chi connectivity index (χ1) is 12.7. The summed E-state index contributed by atoms with van der Waals surface area (Å²) in [4.78, 5) is 12.1. The largest absolute Gasteiger partial charge is 0.295 e. The summed E-state index contributed by atoms with van der Waals surface area (Å²) in [7, 11) is -3.80. The summed E-state index contributed by atoms with van der Waals surface area (Å²) in [6.45, 7) is 3.37. The minimum atomic E-state index is -3.80. The highest BCUT2D eigenvalue weighted by Crippen LogP contribution is 2.37. The van der Waals surface area contributed by atoms with Crippen LogP contribution in [0.2, 0.25) is 10.0 Å². The lowest BCUT2D eigenvalue weighted by atomic mass is 9.97. The first-order valence-corrected chi connectivity index (χ1v) is 10.6. The molecule has 1 unspecified atom stereocenters. The van der Waals surface area contributed by atoms with Crippen LogP contribution in [0.15, 0.2) is 59.0 Å². The molecule has 1 heterocycles. The molecule has 0 bridgehead atoms. The van der Waals surface area contributed by atoms with Gasteiger partial charge in [-0.3, -0.25) is 4.79 Å². The zero-order valence-electron chi connectivity index (χ0n) is 14.9. The molecule has 1 aliphatic rings. The van der Waals surface area contributed by atoms with Gasteiger partial charge < -0.3 is 0 Å². The number of sulfonamides is 1. The fourth-order valence-corrected chi connectivity index (χ4v) is 5.00. The van der Waals surface area contributed by atoms with Crippen LogP contribution < -0.4 is 0 Å². The molecule has 0 N–H and O–H groups in total. The number of nitrogens with zero attached hydrogens (tertiary/aromatic N) is 1. The van der Waals surface area contributed by atoms with E-state index in [0.717, 1.165) is 11.1 Å². The summed E-state index contributed by atoms with van der Waals surface area (Å²) in [5, 5.41) is 0.771. The van der Waals surface area contributed by atoms with Crippen molar-refractivity contribution in [3.05, 3.63) is 75.3 Å². The van der Waals surface area contributed by atoms with Crippen LogP contribution in [0.1, 0.15) is 30.5 Å². The second-order valence-electron chi connectivity index (χ2n) is 6.57. The summed E-state index contributed by atoms with van der Waals surface area (Å²) in [6, 6.07) is 11.3. The van der Waals surface area contributed by atoms with Gasteiger partial charge in [-0.15, -0.1) is 0 Å². The van der Waals surface area contributed by atoms with Gasteiger partial charge in [-0.2, -0.15) is 4.31 Å². The van der Waals surface area contributed by atoms with Gasteiger partial charge in [0, 0.05) is 12.1 Å². The minimum absolute atomic E-state index is 0.0243. The Kier molecular flexibility index (Phi) is 5.77. The molecule has 0 amide bonds. The highest BCUT2D eigenvalue weighted by atomic mass is 35.5. The van der Waals surface area contributed by atoms with E-state index in [1.165, 1.54) is 11.2 Å². The molecule has 27 heavy (non-hydrogen) atoms. The number of rotatable bonds is 4. The molecule has 142 valence electrons. The zero-order valence-corrected chi connectivity index (χ0v) is 17.3. The van der Waals surface area contributed by atoms with E-state index >= 15 is 0 Å². The number of benzene rings is 2. The standard InChI is InChI=1S/C20H19Cl2NO3S/c1-13-3-7-17(8-4-13)27(25,26)23-12-16(14(2)24)6-10-20(23)15-5-9-18(21)19(22)11-15/h3-9,11,20H,10,12H2,1-2H3. The van der Waals surface area contributed by atoms with Crippen LogP contribution in [0.4, 0.5) is 0 Å². The predicted octanol–water partition coefficient (Wildman–Crippen LogP) is 4.95. The molecule has 0 fully saturated rings. The Labute approximate surface area is 169 Å². The number of Topliss-reactive ketones (excluding diaryl/α,β-unsaturated/α-hetero) is 1. The van der Waals surface area contributed by atoms with Crippen molar-refractivity contribution in [1.82, 2.24) is 4.31 Å². The number of carbonyl (C=O) groups is 1. The van der Waals surface area contributed by atoms with Gasteiger partial charge in [-0.25, -0.2) is 8.42 Å². The van der Waals surface area contributed by atoms with E-state index in [-0.39, 0.29) is 17.2 Å². The van der Waals surface area contributed by atoms with E-state index in [1.54, 1.807) is 48.5 Å². The SMILES string of the molecule is CC(=O)C1=CCC(c2ccc(Cl)c(Cl)c2)N(S(=O)(=O)c2ccc(C)cc2)C1. The van der Waals surface area contributed by atoms with E-state index < -0.39 is 16.1 Å². The van der Waals surface area contributed by atoms with Crippen LogP contribution in [0.25, 0.3) is 0 Å². The van der Waals surface area contributed by atoms with E-state index in [2.05, 4.69) is 0 Å². The minimum Gasteiger partial charge on any atom is -0.295 e. The van der Waals surface area contributed by atoms with Crippen molar-refractivity contribution in [3.63, 3.8) is 0 Å². The van der Waals surface area contributed by atoms with Crippen LogP contribution in [0.5, 0.6) is 0 Å². The molecule has 2 aromatic rings. The maximum absolute atomic E-state index is 13.3. The topological polar surface area (TPSA) is 54.5 Å². The number of carbonyl (C=O) groups excluding carboxylic acids is 1. The third-order valence-corrected chi connectivity index (χ3v) is 7.28. The molecule has 0 spiro atoms. The molecule has 1 atom stereocenters. The van der Waals surface area contributed by atoms with E-state index in [4.69, 9.17) is 23.2 Å². The van der Waals surface area contributed by atoms with Crippen LogP contribution in [-0.4, -0.2) is 25.1 Å². The van der Waals surface area contributed by atoms with Crippen molar-refractivity contribution in [3.8, 4) is 0 Å². The van der Waals surface area contributed by atoms with E-state index in [1.807, 2.05) is 6.92 Å². The molecule has 4 nitrogen and oxygen atoms in total. The molecular weight excluding hydrogens is 405 g/mol. The lowest BCUT2D eigenvalue weighted by Crippen LogP contribution is -2.39. The molecule has 7 heteroatoms. The summed E-state index contributed by atoms with van der Waals surface area (Å²) in [6.07, 6.45) is 2.19. The van der Waals surface area contributed by atoms with E-state index in [9.17, 15) is 13.2 Å². The van der Waals surface area contributed by atoms with Crippen molar-refractivity contribution in [2.75, 3.05) is 6.54 Å². The first kappa shape index (κ1) is 20.1. The summed E-state index contributed by atoms with van der Waals surface area (Å²) in [5.74, 6) is -0.133. The number of aryl methyl sites for hydroxylation is 1. The van der Waals surface area contributed by atoms with Gasteiger partial charge in [0.25, 0.3) is 0 Å². The lowest BCUT2D eigenvalue weighted by molar-refractivity contribution is -0.113. The van der Waals surface area contributed by atoms with Gasteiger partial charge in [0.05, 0.1) is 21.0 Å². The van der Waals surface area contributed by atoms with Crippen LogP contribution in [0, 0.1) is 6.92 Å². The Morgan fingerprint density at radius 3 is 2.33 bits per heavy atom. The fraction of sp³-hybridized carbons (Fsp3) is 0.250.